The van der Waals surface area contributed by atoms with Gasteiger partial charge in [0.25, 0.3) is 0 Å². The molecule has 1 saturated carbocycles. The van der Waals surface area contributed by atoms with E-state index in [4.69, 9.17) is 0 Å². The van der Waals surface area contributed by atoms with Gasteiger partial charge in [-0.25, -0.2) is 0 Å². The molecule has 1 fully saturated rings. The van der Waals surface area contributed by atoms with E-state index in [1.54, 1.807) is 12.4 Å². The normalized spacial score (nSPS) is 27.4. The Morgan fingerprint density at radius 2 is 1.84 bits per heavy atom. The second-order valence-corrected chi connectivity index (χ2v) is 5.78. The first-order valence-electron chi connectivity index (χ1n) is 7.21. The molecule has 0 aliphatic heterocycles. The van der Waals surface area contributed by atoms with Crippen LogP contribution in [0.3, 0.4) is 0 Å². The third-order valence-electron chi connectivity index (χ3n) is 4.53. The zero-order chi connectivity index (χ0) is 13.2. The predicted molar refractivity (Wildman–Crippen MR) is 79.1 cm³/mol. The molecule has 19 heavy (non-hydrogen) atoms. The Hall–Kier alpha value is -1.64. The number of rotatable bonds is 2. The van der Waals surface area contributed by atoms with Crippen LogP contribution in [0.1, 0.15) is 33.1 Å². The van der Waals surface area contributed by atoms with Crippen molar-refractivity contribution in [2.75, 3.05) is 5.32 Å². The maximum Gasteiger partial charge on any atom is 0.0907 e. The standard InChI is InChI=1S/C16H21N3/c1-11-4-3-5-14(12(11)2)19-13-6-7-15-16(10-13)18-9-8-17-15/h6-12,14,19H,3-5H2,1-2H3. The van der Waals surface area contributed by atoms with Gasteiger partial charge in [0.2, 0.25) is 0 Å². The highest BCUT2D eigenvalue weighted by atomic mass is 14.9. The van der Waals surface area contributed by atoms with Crippen molar-refractivity contribution in [2.24, 2.45) is 11.8 Å². The summed E-state index contributed by atoms with van der Waals surface area (Å²) in [6, 6.07) is 6.84. The summed E-state index contributed by atoms with van der Waals surface area (Å²) < 4.78 is 0. The van der Waals surface area contributed by atoms with Crippen molar-refractivity contribution in [2.45, 2.75) is 39.2 Å². The molecular weight excluding hydrogens is 234 g/mol. The highest BCUT2D eigenvalue weighted by Gasteiger charge is 2.26. The maximum atomic E-state index is 4.37. The molecule has 1 aliphatic carbocycles. The number of anilines is 1. The molecule has 3 nitrogen and oxygen atoms in total. The van der Waals surface area contributed by atoms with Crippen LogP contribution in [0.15, 0.2) is 30.6 Å². The number of benzene rings is 1. The van der Waals surface area contributed by atoms with Crippen molar-refractivity contribution in [3.05, 3.63) is 30.6 Å². The van der Waals surface area contributed by atoms with Crippen molar-refractivity contribution in [1.82, 2.24) is 9.97 Å². The summed E-state index contributed by atoms with van der Waals surface area (Å²) in [6.45, 7) is 4.73. The van der Waals surface area contributed by atoms with Crippen LogP contribution in [0.25, 0.3) is 11.0 Å². The van der Waals surface area contributed by atoms with Gasteiger partial charge in [-0.2, -0.15) is 0 Å². The van der Waals surface area contributed by atoms with E-state index >= 15 is 0 Å². The zero-order valence-corrected chi connectivity index (χ0v) is 11.6. The second kappa shape index (κ2) is 5.16. The molecule has 1 aliphatic rings. The van der Waals surface area contributed by atoms with Crippen molar-refractivity contribution >= 4 is 16.7 Å². The van der Waals surface area contributed by atoms with Crippen molar-refractivity contribution in [3.63, 3.8) is 0 Å². The summed E-state index contributed by atoms with van der Waals surface area (Å²) in [4.78, 5) is 8.67. The van der Waals surface area contributed by atoms with Gasteiger partial charge in [-0.3, -0.25) is 9.97 Å². The molecule has 0 bridgehead atoms. The quantitative estimate of drug-likeness (QED) is 0.885. The Bertz CT molecular complexity index is 567. The lowest BCUT2D eigenvalue weighted by Gasteiger charge is -2.35. The fraction of sp³-hybridized carbons (Fsp3) is 0.500. The molecule has 3 heteroatoms. The second-order valence-electron chi connectivity index (χ2n) is 5.78. The van der Waals surface area contributed by atoms with E-state index in [1.807, 2.05) is 6.07 Å². The molecule has 3 rings (SSSR count). The average molecular weight is 255 g/mol. The lowest BCUT2D eigenvalue weighted by atomic mass is 9.78. The third kappa shape index (κ3) is 2.55. The SMILES string of the molecule is CC1CCCC(Nc2ccc3nccnc3c2)C1C. The summed E-state index contributed by atoms with van der Waals surface area (Å²) in [7, 11) is 0. The number of hydrogen-bond donors (Lipinski definition) is 1. The summed E-state index contributed by atoms with van der Waals surface area (Å²) in [5.41, 5.74) is 3.08. The topological polar surface area (TPSA) is 37.8 Å². The number of aromatic nitrogens is 2. The van der Waals surface area contributed by atoms with Gasteiger partial charge in [-0.15, -0.1) is 0 Å². The first-order valence-corrected chi connectivity index (χ1v) is 7.21. The lowest BCUT2D eigenvalue weighted by molar-refractivity contribution is 0.253. The molecule has 1 heterocycles. The molecule has 3 atom stereocenters. The minimum atomic E-state index is 0.581. The smallest absolute Gasteiger partial charge is 0.0907 e. The number of nitrogens with one attached hydrogen (secondary N) is 1. The minimum Gasteiger partial charge on any atom is -0.382 e. The van der Waals surface area contributed by atoms with Gasteiger partial charge in [-0.05, 0) is 36.5 Å². The molecule has 1 N–H and O–H groups in total. The highest BCUT2D eigenvalue weighted by Crippen LogP contribution is 2.31. The first-order chi connectivity index (χ1) is 9.24. The van der Waals surface area contributed by atoms with Gasteiger partial charge in [0.1, 0.15) is 0 Å². The first kappa shape index (κ1) is 12.4. The zero-order valence-electron chi connectivity index (χ0n) is 11.6. The van der Waals surface area contributed by atoms with Crippen LogP contribution in [0, 0.1) is 11.8 Å². The summed E-state index contributed by atoms with van der Waals surface area (Å²) in [5.74, 6) is 1.54. The molecule has 3 unspecified atom stereocenters. The third-order valence-corrected chi connectivity index (χ3v) is 4.53. The summed E-state index contributed by atoms with van der Waals surface area (Å²) >= 11 is 0. The Balaban J connectivity index is 1.81. The van der Waals surface area contributed by atoms with Gasteiger partial charge in [0.05, 0.1) is 11.0 Å². The average Bonchev–Trinajstić information content (AvgIpc) is 2.44. The molecular formula is C16H21N3. The molecule has 0 radical (unpaired) electrons. The Morgan fingerprint density at radius 3 is 2.68 bits per heavy atom. The fourth-order valence-corrected chi connectivity index (χ4v) is 3.05. The van der Waals surface area contributed by atoms with Crippen LogP contribution in [0.4, 0.5) is 5.69 Å². The van der Waals surface area contributed by atoms with E-state index < -0.39 is 0 Å². The van der Waals surface area contributed by atoms with Gasteiger partial charge in [0.15, 0.2) is 0 Å². The van der Waals surface area contributed by atoms with Gasteiger partial charge in [0, 0.05) is 24.1 Å². The molecule has 1 aromatic heterocycles. The molecule has 0 spiro atoms. The molecule has 0 amide bonds. The van der Waals surface area contributed by atoms with Crippen molar-refractivity contribution in [1.29, 1.82) is 0 Å². The monoisotopic (exact) mass is 255 g/mol. The van der Waals surface area contributed by atoms with Crippen LogP contribution in [-0.4, -0.2) is 16.0 Å². The molecule has 0 saturated heterocycles. The molecule has 100 valence electrons. The van der Waals surface area contributed by atoms with E-state index in [9.17, 15) is 0 Å². The van der Waals surface area contributed by atoms with Crippen LogP contribution in [-0.2, 0) is 0 Å². The highest BCUT2D eigenvalue weighted by molar-refractivity contribution is 5.78. The fourth-order valence-electron chi connectivity index (χ4n) is 3.05. The summed E-state index contributed by atoms with van der Waals surface area (Å²) in [6.07, 6.45) is 7.45. The minimum absolute atomic E-state index is 0.581. The Kier molecular flexibility index (Phi) is 3.36. The predicted octanol–water partition coefficient (Wildman–Crippen LogP) is 3.87. The van der Waals surface area contributed by atoms with E-state index in [0.29, 0.717) is 6.04 Å². The van der Waals surface area contributed by atoms with Crippen molar-refractivity contribution in [3.8, 4) is 0 Å². The van der Waals surface area contributed by atoms with E-state index in [0.717, 1.165) is 22.9 Å². The van der Waals surface area contributed by atoms with Gasteiger partial charge in [-0.1, -0.05) is 26.7 Å². The maximum absolute atomic E-state index is 4.37. The van der Waals surface area contributed by atoms with Crippen molar-refractivity contribution < 1.29 is 0 Å². The van der Waals surface area contributed by atoms with Crippen LogP contribution < -0.4 is 5.32 Å². The molecule has 1 aromatic carbocycles. The van der Waals surface area contributed by atoms with Crippen LogP contribution >= 0.6 is 0 Å². The Morgan fingerprint density at radius 1 is 1.05 bits per heavy atom. The summed E-state index contributed by atoms with van der Waals surface area (Å²) in [5, 5.41) is 3.69. The van der Waals surface area contributed by atoms with Crippen LogP contribution in [0.5, 0.6) is 0 Å². The largest absolute Gasteiger partial charge is 0.382 e. The van der Waals surface area contributed by atoms with Crippen LogP contribution in [0.2, 0.25) is 0 Å². The number of fused-ring (bicyclic) bond motifs is 1. The van der Waals surface area contributed by atoms with E-state index in [2.05, 4.69) is 41.3 Å². The Labute approximate surface area is 114 Å². The van der Waals surface area contributed by atoms with E-state index in [1.165, 1.54) is 24.9 Å². The van der Waals surface area contributed by atoms with Gasteiger partial charge < -0.3 is 5.32 Å². The van der Waals surface area contributed by atoms with Gasteiger partial charge >= 0.3 is 0 Å². The lowest BCUT2D eigenvalue weighted by Crippen LogP contribution is -2.34. The molecule has 2 aromatic rings. The number of hydrogen-bond acceptors (Lipinski definition) is 3. The van der Waals surface area contributed by atoms with E-state index in [-0.39, 0.29) is 0 Å². The number of nitrogens with zero attached hydrogens (tertiary/aromatic N) is 2.